The summed E-state index contributed by atoms with van der Waals surface area (Å²) in [5.41, 5.74) is 13.1. The Kier molecular flexibility index (Phi) is 8.65. The lowest BCUT2D eigenvalue weighted by Gasteiger charge is -2.16. The molecule has 0 aliphatic heterocycles. The highest BCUT2D eigenvalue weighted by molar-refractivity contribution is 7.26. The third kappa shape index (κ3) is 6.01. The zero-order chi connectivity index (χ0) is 41.0. The number of fused-ring (bicyclic) bond motifs is 7. The van der Waals surface area contributed by atoms with Gasteiger partial charge in [-0.05, 0) is 64.2 Å². The molecule has 0 saturated heterocycles. The first-order valence-electron chi connectivity index (χ1n) is 20.9. The molecule has 12 aromatic rings. The van der Waals surface area contributed by atoms with E-state index in [1.54, 1.807) is 0 Å². The highest BCUT2D eigenvalue weighted by atomic mass is 32.1. The van der Waals surface area contributed by atoms with E-state index in [-0.39, 0.29) is 0 Å². The fourth-order valence-electron chi connectivity index (χ4n) is 9.08. The summed E-state index contributed by atoms with van der Waals surface area (Å²) in [7, 11) is 0. The van der Waals surface area contributed by atoms with Crippen LogP contribution in [0.1, 0.15) is 0 Å². The molecule has 5 heteroatoms. The molecular weight excluding hydrogens is 773 g/mol. The first-order chi connectivity index (χ1) is 30.8. The van der Waals surface area contributed by atoms with Gasteiger partial charge in [-0.3, -0.25) is 0 Å². The molecule has 3 heterocycles. The minimum Gasteiger partial charge on any atom is -0.309 e. The van der Waals surface area contributed by atoms with Crippen LogP contribution in [0.4, 0.5) is 0 Å². The van der Waals surface area contributed by atoms with Crippen molar-refractivity contribution in [3.8, 4) is 73.2 Å². The van der Waals surface area contributed by atoms with Crippen molar-refractivity contribution in [1.29, 1.82) is 0 Å². The quantitative estimate of drug-likeness (QED) is 0.161. The van der Waals surface area contributed by atoms with E-state index in [9.17, 15) is 0 Å². The van der Waals surface area contributed by atoms with E-state index in [1.165, 1.54) is 53.1 Å². The number of benzene rings is 9. The van der Waals surface area contributed by atoms with Crippen LogP contribution in [-0.2, 0) is 0 Å². The summed E-state index contributed by atoms with van der Waals surface area (Å²) in [5.74, 6) is 1.89. The number of nitrogens with zero attached hydrogens (tertiary/aromatic N) is 4. The van der Waals surface area contributed by atoms with Crippen LogP contribution in [0, 0.1) is 0 Å². The Morgan fingerprint density at radius 3 is 1.56 bits per heavy atom. The van der Waals surface area contributed by atoms with Crippen LogP contribution >= 0.6 is 11.3 Å². The molecule has 0 amide bonds. The summed E-state index contributed by atoms with van der Waals surface area (Å²) in [5, 5.41) is 5.04. The zero-order valence-corrected chi connectivity index (χ0v) is 34.3. The Hall–Kier alpha value is -7.99. The van der Waals surface area contributed by atoms with Crippen molar-refractivity contribution in [1.82, 2.24) is 19.5 Å². The van der Waals surface area contributed by atoms with Gasteiger partial charge in [0.25, 0.3) is 0 Å². The van der Waals surface area contributed by atoms with Gasteiger partial charge in [0, 0.05) is 58.9 Å². The predicted molar refractivity (Wildman–Crippen MR) is 260 cm³/mol. The van der Waals surface area contributed by atoms with Crippen LogP contribution in [0.2, 0.25) is 0 Å². The summed E-state index contributed by atoms with van der Waals surface area (Å²) in [6, 6.07) is 77.3. The number of rotatable bonds is 7. The second-order valence-corrected chi connectivity index (χ2v) is 16.6. The number of aromatic nitrogens is 4. The van der Waals surface area contributed by atoms with Crippen molar-refractivity contribution >= 4 is 53.3 Å². The molecule has 0 fully saturated rings. The van der Waals surface area contributed by atoms with Crippen LogP contribution < -0.4 is 0 Å². The van der Waals surface area contributed by atoms with Gasteiger partial charge in [0.1, 0.15) is 0 Å². The molecule has 62 heavy (non-hydrogen) atoms. The third-order valence-electron chi connectivity index (χ3n) is 11.9. The van der Waals surface area contributed by atoms with Gasteiger partial charge in [-0.1, -0.05) is 182 Å². The van der Waals surface area contributed by atoms with Gasteiger partial charge < -0.3 is 4.57 Å². The van der Waals surface area contributed by atoms with Crippen LogP contribution in [0.25, 0.3) is 115 Å². The second-order valence-electron chi connectivity index (χ2n) is 15.5. The molecule has 0 atom stereocenters. The van der Waals surface area contributed by atoms with E-state index in [0.717, 1.165) is 44.6 Å². The van der Waals surface area contributed by atoms with Crippen molar-refractivity contribution < 1.29 is 0 Å². The number of para-hydroxylation sites is 2. The molecule has 0 spiro atoms. The summed E-state index contributed by atoms with van der Waals surface area (Å²) < 4.78 is 4.88. The van der Waals surface area contributed by atoms with Crippen molar-refractivity contribution in [2.45, 2.75) is 0 Å². The number of hydrogen-bond donors (Lipinski definition) is 0. The van der Waals surface area contributed by atoms with Gasteiger partial charge in [0.15, 0.2) is 17.5 Å². The minimum absolute atomic E-state index is 0.623. The van der Waals surface area contributed by atoms with Crippen LogP contribution in [0.3, 0.4) is 0 Å². The second kappa shape index (κ2) is 14.9. The van der Waals surface area contributed by atoms with Crippen molar-refractivity contribution in [3.05, 3.63) is 218 Å². The maximum Gasteiger partial charge on any atom is 0.164 e. The Balaban J connectivity index is 1.14. The molecule has 290 valence electrons. The van der Waals surface area contributed by atoms with Gasteiger partial charge >= 0.3 is 0 Å². The van der Waals surface area contributed by atoms with Crippen molar-refractivity contribution in [2.24, 2.45) is 0 Å². The van der Waals surface area contributed by atoms with Crippen molar-refractivity contribution in [2.75, 3.05) is 0 Å². The van der Waals surface area contributed by atoms with Gasteiger partial charge in [0.2, 0.25) is 0 Å². The predicted octanol–water partition coefficient (Wildman–Crippen LogP) is 15.3. The SMILES string of the molecule is c1ccc(-c2nc(-c3ccccc3)nc(-c3cc(-c4ccccc4-c4ccccc4)ccc3-c3cccc4c3sc3ccc5c(c6ccccc6n5-c5ccccc5)c34)n2)cc1. The van der Waals surface area contributed by atoms with E-state index in [1.807, 2.05) is 47.7 Å². The maximum atomic E-state index is 5.31. The van der Waals surface area contributed by atoms with E-state index in [0.29, 0.717) is 17.5 Å². The Morgan fingerprint density at radius 2 is 0.871 bits per heavy atom. The summed E-state index contributed by atoms with van der Waals surface area (Å²) >= 11 is 1.85. The lowest BCUT2D eigenvalue weighted by atomic mass is 9.90. The average molecular weight is 809 g/mol. The Labute approximate surface area is 362 Å². The number of hydrogen-bond acceptors (Lipinski definition) is 4. The van der Waals surface area contributed by atoms with Gasteiger partial charge in [-0.15, -0.1) is 11.3 Å². The van der Waals surface area contributed by atoms with Gasteiger partial charge in [0.05, 0.1) is 11.0 Å². The standard InChI is InChI=1S/C57H36N4S/c1-5-18-37(19-6-1)42-26-13-14-27-43(42)40-32-33-44(48(36-40)57-59-55(38-20-7-2-8-21-38)58-56(60-57)39-22-9-3-10-23-39)45-29-17-30-47-53-51(62-54(45)47)35-34-50-52(53)46-28-15-16-31-49(46)61(50)41-24-11-4-12-25-41/h1-36H. The summed E-state index contributed by atoms with van der Waals surface area (Å²) in [6.45, 7) is 0. The molecule has 0 N–H and O–H groups in total. The molecule has 0 aliphatic carbocycles. The molecule has 0 unspecified atom stereocenters. The average Bonchev–Trinajstić information content (AvgIpc) is 3.91. The maximum absolute atomic E-state index is 5.31. The highest BCUT2D eigenvalue weighted by Gasteiger charge is 2.22. The molecule has 12 rings (SSSR count). The van der Waals surface area contributed by atoms with Crippen LogP contribution in [0.5, 0.6) is 0 Å². The first-order valence-corrected chi connectivity index (χ1v) is 21.7. The molecule has 0 radical (unpaired) electrons. The smallest absolute Gasteiger partial charge is 0.164 e. The Bertz CT molecular complexity index is 3560. The topological polar surface area (TPSA) is 43.6 Å². The van der Waals surface area contributed by atoms with E-state index in [2.05, 4.69) is 187 Å². The molecule has 3 aromatic heterocycles. The van der Waals surface area contributed by atoms with Crippen LogP contribution in [0.15, 0.2) is 218 Å². The third-order valence-corrected chi connectivity index (χ3v) is 13.1. The molecule has 0 saturated carbocycles. The largest absolute Gasteiger partial charge is 0.309 e. The van der Waals surface area contributed by atoms with E-state index >= 15 is 0 Å². The monoisotopic (exact) mass is 808 g/mol. The molecular formula is C57H36N4S. The van der Waals surface area contributed by atoms with E-state index < -0.39 is 0 Å². The minimum atomic E-state index is 0.623. The highest BCUT2D eigenvalue weighted by Crippen LogP contribution is 2.48. The normalized spacial score (nSPS) is 11.5. The van der Waals surface area contributed by atoms with Crippen molar-refractivity contribution in [3.63, 3.8) is 0 Å². The fourth-order valence-corrected chi connectivity index (χ4v) is 10.3. The Morgan fingerprint density at radius 1 is 0.323 bits per heavy atom. The van der Waals surface area contributed by atoms with E-state index in [4.69, 9.17) is 15.0 Å². The fraction of sp³-hybridized carbons (Fsp3) is 0. The number of thiophene rings is 1. The van der Waals surface area contributed by atoms with Gasteiger partial charge in [-0.25, -0.2) is 15.0 Å². The lowest BCUT2D eigenvalue weighted by molar-refractivity contribution is 1.07. The molecule has 0 aliphatic rings. The molecule has 4 nitrogen and oxygen atoms in total. The first kappa shape index (κ1) is 35.9. The lowest BCUT2D eigenvalue weighted by Crippen LogP contribution is -2.01. The summed E-state index contributed by atoms with van der Waals surface area (Å²) in [6.07, 6.45) is 0. The zero-order valence-electron chi connectivity index (χ0n) is 33.5. The molecule has 0 bridgehead atoms. The van der Waals surface area contributed by atoms with Crippen LogP contribution in [-0.4, -0.2) is 19.5 Å². The van der Waals surface area contributed by atoms with Gasteiger partial charge in [-0.2, -0.15) is 0 Å². The summed E-state index contributed by atoms with van der Waals surface area (Å²) in [4.78, 5) is 15.7. The molecule has 9 aromatic carbocycles.